The van der Waals surface area contributed by atoms with Crippen LogP contribution in [-0.2, 0) is 6.42 Å². The van der Waals surface area contributed by atoms with Crippen LogP contribution in [0.3, 0.4) is 0 Å². The van der Waals surface area contributed by atoms with E-state index in [1.807, 2.05) is 18.2 Å². The number of hydrogen-bond donors (Lipinski definition) is 0. The Hall–Kier alpha value is -0.570. The van der Waals surface area contributed by atoms with E-state index < -0.39 is 5.67 Å². The molecule has 0 radical (unpaired) electrons. The fourth-order valence-corrected chi connectivity index (χ4v) is 1.90. The lowest BCUT2D eigenvalue weighted by atomic mass is 10.0. The molecule has 84 valence electrons. The van der Waals surface area contributed by atoms with Gasteiger partial charge in [0.2, 0.25) is 0 Å². The van der Waals surface area contributed by atoms with Crippen molar-refractivity contribution >= 4 is 15.9 Å². The molecule has 0 N–H and O–H groups in total. The van der Waals surface area contributed by atoms with Crippen molar-refractivity contribution < 1.29 is 9.13 Å². The lowest BCUT2D eigenvalue weighted by Crippen LogP contribution is -2.12. The quantitative estimate of drug-likeness (QED) is 0.802. The summed E-state index contributed by atoms with van der Waals surface area (Å²) < 4.78 is 19.3. The molecule has 0 spiro atoms. The van der Waals surface area contributed by atoms with Crippen molar-refractivity contribution in [2.75, 3.05) is 7.11 Å². The third-order valence-corrected chi connectivity index (χ3v) is 2.84. The molecule has 0 saturated carbocycles. The van der Waals surface area contributed by atoms with Gasteiger partial charge in [0.05, 0.1) is 11.6 Å². The van der Waals surface area contributed by atoms with Crippen molar-refractivity contribution in [3.05, 3.63) is 28.2 Å². The number of hydrogen-bond acceptors (Lipinski definition) is 1. The first-order valence-corrected chi connectivity index (χ1v) is 5.73. The predicted molar refractivity (Wildman–Crippen MR) is 64.2 cm³/mol. The second kappa shape index (κ2) is 4.97. The maximum atomic E-state index is 13.3. The van der Waals surface area contributed by atoms with E-state index in [0.717, 1.165) is 22.2 Å². The van der Waals surface area contributed by atoms with Gasteiger partial charge in [-0.05, 0) is 60.3 Å². The highest BCUT2D eigenvalue weighted by Gasteiger charge is 2.15. The zero-order valence-electron chi connectivity index (χ0n) is 9.31. The van der Waals surface area contributed by atoms with Crippen molar-refractivity contribution in [3.63, 3.8) is 0 Å². The average Bonchev–Trinajstić information content (AvgIpc) is 2.14. The van der Waals surface area contributed by atoms with Crippen LogP contribution in [-0.4, -0.2) is 12.8 Å². The minimum atomic E-state index is -1.10. The Morgan fingerprint density at radius 2 is 2.07 bits per heavy atom. The van der Waals surface area contributed by atoms with Crippen molar-refractivity contribution in [1.29, 1.82) is 0 Å². The molecule has 15 heavy (non-hydrogen) atoms. The summed E-state index contributed by atoms with van der Waals surface area (Å²) in [7, 11) is 1.63. The molecular formula is C12H16BrFO. The van der Waals surface area contributed by atoms with Gasteiger partial charge in [0, 0.05) is 0 Å². The molecule has 0 atom stereocenters. The minimum Gasteiger partial charge on any atom is -0.496 e. The highest BCUT2D eigenvalue weighted by atomic mass is 79.9. The summed E-state index contributed by atoms with van der Waals surface area (Å²) in [6.07, 6.45) is 1.28. The molecule has 0 heterocycles. The van der Waals surface area contributed by atoms with Gasteiger partial charge >= 0.3 is 0 Å². The molecule has 0 aliphatic carbocycles. The number of ether oxygens (including phenoxy) is 1. The molecule has 1 nitrogen and oxygen atoms in total. The number of aryl methyl sites for hydroxylation is 1. The summed E-state index contributed by atoms with van der Waals surface area (Å²) >= 11 is 3.41. The van der Waals surface area contributed by atoms with E-state index in [1.54, 1.807) is 21.0 Å². The van der Waals surface area contributed by atoms with Crippen molar-refractivity contribution in [2.24, 2.45) is 0 Å². The van der Waals surface area contributed by atoms with Gasteiger partial charge in [-0.25, -0.2) is 4.39 Å². The molecule has 3 heteroatoms. The summed E-state index contributed by atoms with van der Waals surface area (Å²) in [6.45, 7) is 3.21. The van der Waals surface area contributed by atoms with Gasteiger partial charge in [0.25, 0.3) is 0 Å². The second-order valence-corrected chi connectivity index (χ2v) is 5.04. The molecule has 0 fully saturated rings. The predicted octanol–water partition coefficient (Wildman–Crippen LogP) is 4.14. The molecule has 1 rings (SSSR count). The Labute approximate surface area is 98.8 Å². The fourth-order valence-electron chi connectivity index (χ4n) is 1.31. The molecule has 0 aliphatic rings. The van der Waals surface area contributed by atoms with Crippen molar-refractivity contribution in [2.45, 2.75) is 32.4 Å². The van der Waals surface area contributed by atoms with Crippen LogP contribution < -0.4 is 4.74 Å². The van der Waals surface area contributed by atoms with E-state index in [4.69, 9.17) is 4.74 Å². The van der Waals surface area contributed by atoms with Crippen LogP contribution in [0.2, 0.25) is 0 Å². The van der Waals surface area contributed by atoms with Crippen LogP contribution in [0.25, 0.3) is 0 Å². The van der Waals surface area contributed by atoms with E-state index >= 15 is 0 Å². The molecule has 0 unspecified atom stereocenters. The molecule has 0 aromatic heterocycles. The SMILES string of the molecule is COc1ccc(CCC(C)(C)F)cc1Br. The maximum Gasteiger partial charge on any atom is 0.133 e. The lowest BCUT2D eigenvalue weighted by molar-refractivity contribution is 0.202. The number of alkyl halides is 1. The fraction of sp³-hybridized carbons (Fsp3) is 0.500. The Morgan fingerprint density at radius 3 is 2.53 bits per heavy atom. The third kappa shape index (κ3) is 4.20. The maximum absolute atomic E-state index is 13.3. The topological polar surface area (TPSA) is 9.23 Å². The van der Waals surface area contributed by atoms with E-state index in [2.05, 4.69) is 15.9 Å². The average molecular weight is 275 g/mol. The van der Waals surface area contributed by atoms with Crippen LogP contribution in [0.5, 0.6) is 5.75 Å². The number of benzene rings is 1. The minimum absolute atomic E-state index is 0.534. The monoisotopic (exact) mass is 274 g/mol. The molecule has 0 amide bonds. The Balaban J connectivity index is 2.68. The highest BCUT2D eigenvalue weighted by molar-refractivity contribution is 9.10. The highest BCUT2D eigenvalue weighted by Crippen LogP contribution is 2.27. The molecule has 0 aliphatic heterocycles. The molecule has 1 aromatic rings. The van der Waals surface area contributed by atoms with Gasteiger partial charge in [-0.15, -0.1) is 0 Å². The molecule has 0 saturated heterocycles. The Kier molecular flexibility index (Phi) is 4.14. The lowest BCUT2D eigenvalue weighted by Gasteiger charge is -2.14. The van der Waals surface area contributed by atoms with Gasteiger partial charge in [-0.3, -0.25) is 0 Å². The van der Waals surface area contributed by atoms with Gasteiger partial charge < -0.3 is 4.74 Å². The smallest absolute Gasteiger partial charge is 0.133 e. The van der Waals surface area contributed by atoms with Crippen LogP contribution in [0.15, 0.2) is 22.7 Å². The third-order valence-electron chi connectivity index (χ3n) is 2.22. The molecule has 0 bridgehead atoms. The number of methoxy groups -OCH3 is 1. The summed E-state index contributed by atoms with van der Waals surface area (Å²) in [5.41, 5.74) is 0.0141. The molecular weight excluding hydrogens is 259 g/mol. The van der Waals surface area contributed by atoms with Gasteiger partial charge in [0.1, 0.15) is 11.4 Å². The van der Waals surface area contributed by atoms with Crippen molar-refractivity contribution in [3.8, 4) is 5.75 Å². The molecule has 1 aromatic carbocycles. The van der Waals surface area contributed by atoms with Crippen LogP contribution in [0.4, 0.5) is 4.39 Å². The van der Waals surface area contributed by atoms with Crippen LogP contribution in [0, 0.1) is 0 Å². The second-order valence-electron chi connectivity index (χ2n) is 4.19. The summed E-state index contributed by atoms with van der Waals surface area (Å²) in [5.74, 6) is 0.804. The zero-order valence-corrected chi connectivity index (χ0v) is 10.9. The summed E-state index contributed by atoms with van der Waals surface area (Å²) in [4.78, 5) is 0. The van der Waals surface area contributed by atoms with Gasteiger partial charge in [-0.1, -0.05) is 6.07 Å². The zero-order chi connectivity index (χ0) is 11.5. The first kappa shape index (κ1) is 12.5. The number of halogens is 2. The largest absolute Gasteiger partial charge is 0.496 e. The standard InChI is InChI=1S/C12H16BrFO/c1-12(2,14)7-6-9-4-5-11(15-3)10(13)8-9/h4-5,8H,6-7H2,1-3H3. The van der Waals surface area contributed by atoms with Gasteiger partial charge in [-0.2, -0.15) is 0 Å². The first-order valence-electron chi connectivity index (χ1n) is 4.94. The Bertz CT molecular complexity index is 331. The van der Waals surface area contributed by atoms with Gasteiger partial charge in [0.15, 0.2) is 0 Å². The van der Waals surface area contributed by atoms with E-state index in [9.17, 15) is 4.39 Å². The summed E-state index contributed by atoms with van der Waals surface area (Å²) in [6, 6.07) is 5.84. The van der Waals surface area contributed by atoms with E-state index in [1.165, 1.54) is 0 Å². The normalized spacial score (nSPS) is 11.5. The Morgan fingerprint density at radius 1 is 1.40 bits per heavy atom. The van der Waals surface area contributed by atoms with Crippen molar-refractivity contribution in [1.82, 2.24) is 0 Å². The van der Waals surface area contributed by atoms with E-state index in [-0.39, 0.29) is 0 Å². The first-order chi connectivity index (χ1) is 6.92. The van der Waals surface area contributed by atoms with Crippen LogP contribution in [0.1, 0.15) is 25.8 Å². The summed E-state index contributed by atoms with van der Waals surface area (Å²) in [5, 5.41) is 0. The van der Waals surface area contributed by atoms with E-state index in [0.29, 0.717) is 6.42 Å². The number of rotatable bonds is 4. The van der Waals surface area contributed by atoms with Crippen LogP contribution >= 0.6 is 15.9 Å².